The Bertz CT molecular complexity index is 925. The van der Waals surface area contributed by atoms with E-state index in [1.165, 1.54) is 11.8 Å². The lowest BCUT2D eigenvalue weighted by Crippen LogP contribution is -2.42. The summed E-state index contributed by atoms with van der Waals surface area (Å²) in [5.74, 6) is 1.83. The molecule has 1 saturated heterocycles. The smallest absolute Gasteiger partial charge is 0.233 e. The van der Waals surface area contributed by atoms with E-state index in [0.29, 0.717) is 35.7 Å². The summed E-state index contributed by atoms with van der Waals surface area (Å²) in [6, 6.07) is 5.69. The molecule has 1 aliphatic carbocycles. The molecule has 0 unspecified atom stereocenters. The lowest BCUT2D eigenvalue weighted by Gasteiger charge is -2.35. The van der Waals surface area contributed by atoms with Gasteiger partial charge in [0, 0.05) is 30.7 Å². The normalized spacial score (nSPS) is 25.8. The zero-order chi connectivity index (χ0) is 21.3. The molecular formula is C22H28N4O3S. The van der Waals surface area contributed by atoms with Gasteiger partial charge in [-0.2, -0.15) is 0 Å². The van der Waals surface area contributed by atoms with Crippen LogP contribution < -0.4 is 4.74 Å². The highest BCUT2D eigenvalue weighted by molar-refractivity contribution is 7.99. The minimum Gasteiger partial charge on any atom is -0.486 e. The van der Waals surface area contributed by atoms with Gasteiger partial charge >= 0.3 is 0 Å². The number of amides is 1. The average molecular weight is 429 g/mol. The number of nitrogens with zero attached hydrogens (tertiary/aromatic N) is 4. The van der Waals surface area contributed by atoms with Gasteiger partial charge in [-0.1, -0.05) is 11.8 Å². The van der Waals surface area contributed by atoms with Crippen molar-refractivity contribution in [3.8, 4) is 5.75 Å². The minimum absolute atomic E-state index is 0.102. The molecule has 1 N–H and O–H groups in total. The number of thioether (sulfide) groups is 1. The Morgan fingerprint density at radius 2 is 1.87 bits per heavy atom. The Kier molecular flexibility index (Phi) is 6.24. The SMILES string of the molecule is Cc1ccnc(SCC(=O)N2C[C@H]3C[C@@H](Oc4ccc(C)nc4C)[C@H](O)C[C@H]3C2)n1. The number of aromatic nitrogens is 3. The number of likely N-dealkylation sites (tertiary alicyclic amines) is 1. The van der Waals surface area contributed by atoms with Crippen molar-refractivity contribution in [3.05, 3.63) is 41.5 Å². The number of rotatable bonds is 5. The van der Waals surface area contributed by atoms with Gasteiger partial charge in [-0.25, -0.2) is 9.97 Å². The molecule has 4 rings (SSSR count). The molecule has 1 aliphatic heterocycles. The molecule has 0 aromatic carbocycles. The lowest BCUT2D eigenvalue weighted by molar-refractivity contribution is -0.127. The number of hydrogen-bond donors (Lipinski definition) is 1. The van der Waals surface area contributed by atoms with E-state index < -0.39 is 6.10 Å². The van der Waals surface area contributed by atoms with E-state index in [2.05, 4.69) is 15.0 Å². The van der Waals surface area contributed by atoms with Gasteiger partial charge < -0.3 is 14.7 Å². The number of aliphatic hydroxyl groups excluding tert-OH is 1. The van der Waals surface area contributed by atoms with E-state index in [-0.39, 0.29) is 12.0 Å². The van der Waals surface area contributed by atoms with E-state index in [1.807, 2.05) is 43.9 Å². The van der Waals surface area contributed by atoms with E-state index in [0.717, 1.165) is 35.8 Å². The molecule has 0 bridgehead atoms. The van der Waals surface area contributed by atoms with Crippen LogP contribution in [0, 0.1) is 32.6 Å². The molecule has 2 aliphatic rings. The molecule has 2 aromatic heterocycles. The summed E-state index contributed by atoms with van der Waals surface area (Å²) >= 11 is 1.37. The van der Waals surface area contributed by atoms with Crippen LogP contribution in [0.25, 0.3) is 0 Å². The predicted molar refractivity (Wildman–Crippen MR) is 114 cm³/mol. The second-order valence-corrected chi connectivity index (χ2v) is 9.26. The number of hydrogen-bond acceptors (Lipinski definition) is 7. The van der Waals surface area contributed by atoms with Gasteiger partial charge in [-0.15, -0.1) is 0 Å². The molecular weight excluding hydrogens is 400 g/mol. The van der Waals surface area contributed by atoms with Gasteiger partial charge in [0.05, 0.1) is 17.6 Å². The molecule has 1 saturated carbocycles. The minimum atomic E-state index is -0.530. The van der Waals surface area contributed by atoms with Crippen LogP contribution in [0.15, 0.2) is 29.6 Å². The second-order valence-electron chi connectivity index (χ2n) is 8.32. The van der Waals surface area contributed by atoms with Crippen LogP contribution >= 0.6 is 11.8 Å². The highest BCUT2D eigenvalue weighted by Crippen LogP contribution is 2.38. The second kappa shape index (κ2) is 8.89. The Labute approximate surface area is 181 Å². The summed E-state index contributed by atoms with van der Waals surface area (Å²) in [4.78, 5) is 27.6. The van der Waals surface area contributed by atoms with Crippen LogP contribution in [0.3, 0.4) is 0 Å². The molecule has 8 heteroatoms. The summed E-state index contributed by atoms with van der Waals surface area (Å²) in [7, 11) is 0. The summed E-state index contributed by atoms with van der Waals surface area (Å²) in [6.45, 7) is 7.21. The third kappa shape index (κ3) is 4.75. The number of ether oxygens (including phenoxy) is 1. The van der Waals surface area contributed by atoms with Crippen LogP contribution in [-0.2, 0) is 4.79 Å². The zero-order valence-electron chi connectivity index (χ0n) is 17.6. The maximum Gasteiger partial charge on any atom is 0.233 e. The molecule has 160 valence electrons. The quantitative estimate of drug-likeness (QED) is 0.578. The maximum absolute atomic E-state index is 12.7. The fourth-order valence-corrected chi connectivity index (χ4v) is 5.17. The topological polar surface area (TPSA) is 88.4 Å². The van der Waals surface area contributed by atoms with Crippen LogP contribution in [0.1, 0.15) is 29.9 Å². The van der Waals surface area contributed by atoms with Crippen LogP contribution in [0.2, 0.25) is 0 Å². The van der Waals surface area contributed by atoms with E-state index in [1.54, 1.807) is 6.20 Å². The van der Waals surface area contributed by atoms with E-state index in [4.69, 9.17) is 4.74 Å². The summed E-state index contributed by atoms with van der Waals surface area (Å²) in [6.07, 6.45) is 2.33. The third-order valence-corrected chi connectivity index (χ3v) is 6.84. The third-order valence-electron chi connectivity index (χ3n) is 5.99. The van der Waals surface area contributed by atoms with Gasteiger partial charge in [0.15, 0.2) is 5.16 Å². The highest BCUT2D eigenvalue weighted by atomic mass is 32.2. The van der Waals surface area contributed by atoms with Crippen molar-refractivity contribution in [1.29, 1.82) is 0 Å². The lowest BCUT2D eigenvalue weighted by atomic mass is 9.78. The fraction of sp³-hybridized carbons (Fsp3) is 0.545. The molecule has 2 aromatic rings. The number of aryl methyl sites for hydroxylation is 3. The molecule has 3 heterocycles. The van der Waals surface area contributed by atoms with Crippen LogP contribution in [-0.4, -0.2) is 61.9 Å². The molecule has 0 radical (unpaired) electrons. The summed E-state index contributed by atoms with van der Waals surface area (Å²) in [5, 5.41) is 11.3. The number of carbonyl (C=O) groups is 1. The Morgan fingerprint density at radius 1 is 1.13 bits per heavy atom. The number of aliphatic hydroxyl groups is 1. The molecule has 0 spiro atoms. The van der Waals surface area contributed by atoms with Gasteiger partial charge in [0.1, 0.15) is 11.9 Å². The Balaban J connectivity index is 1.33. The van der Waals surface area contributed by atoms with Crippen molar-refractivity contribution in [1.82, 2.24) is 19.9 Å². The monoisotopic (exact) mass is 428 g/mol. The van der Waals surface area contributed by atoms with Crippen molar-refractivity contribution < 1.29 is 14.6 Å². The first-order chi connectivity index (χ1) is 14.4. The summed E-state index contributed by atoms with van der Waals surface area (Å²) < 4.78 is 6.14. The van der Waals surface area contributed by atoms with Crippen molar-refractivity contribution in [2.24, 2.45) is 11.8 Å². The Morgan fingerprint density at radius 3 is 2.60 bits per heavy atom. The van der Waals surface area contributed by atoms with Gasteiger partial charge in [-0.05, 0) is 63.6 Å². The average Bonchev–Trinajstić information content (AvgIpc) is 3.11. The molecule has 7 nitrogen and oxygen atoms in total. The summed E-state index contributed by atoms with van der Waals surface area (Å²) in [5.41, 5.74) is 2.68. The first kappa shape index (κ1) is 21.1. The first-order valence-electron chi connectivity index (χ1n) is 10.4. The number of carbonyl (C=O) groups excluding carboxylic acids is 1. The van der Waals surface area contributed by atoms with Crippen molar-refractivity contribution in [3.63, 3.8) is 0 Å². The van der Waals surface area contributed by atoms with Crippen molar-refractivity contribution in [2.75, 3.05) is 18.8 Å². The zero-order valence-corrected chi connectivity index (χ0v) is 18.4. The van der Waals surface area contributed by atoms with E-state index >= 15 is 0 Å². The van der Waals surface area contributed by atoms with Gasteiger partial charge in [-0.3, -0.25) is 9.78 Å². The largest absolute Gasteiger partial charge is 0.486 e. The van der Waals surface area contributed by atoms with Crippen molar-refractivity contribution >= 4 is 17.7 Å². The molecule has 2 fully saturated rings. The predicted octanol–water partition coefficient (Wildman–Crippen LogP) is 2.57. The molecule has 1 amide bonds. The van der Waals surface area contributed by atoms with Crippen LogP contribution in [0.4, 0.5) is 0 Å². The van der Waals surface area contributed by atoms with Crippen LogP contribution in [0.5, 0.6) is 5.75 Å². The Hall–Kier alpha value is -2.19. The van der Waals surface area contributed by atoms with Gasteiger partial charge in [0.2, 0.25) is 5.91 Å². The molecule has 4 atom stereocenters. The van der Waals surface area contributed by atoms with Gasteiger partial charge in [0.25, 0.3) is 0 Å². The van der Waals surface area contributed by atoms with E-state index in [9.17, 15) is 9.90 Å². The molecule has 30 heavy (non-hydrogen) atoms. The van der Waals surface area contributed by atoms with Crippen molar-refractivity contribution in [2.45, 2.75) is 51.0 Å². The maximum atomic E-state index is 12.7. The number of pyridine rings is 1. The number of fused-ring (bicyclic) bond motifs is 1. The first-order valence-corrected chi connectivity index (χ1v) is 11.4. The standard InChI is InChI=1S/C22H28N4O3S/c1-13-4-5-19(15(3)24-13)29-20-9-17-11-26(10-16(17)8-18(20)27)21(28)12-30-22-23-7-6-14(2)25-22/h4-7,16-18,20,27H,8-12H2,1-3H3/t16-,17+,18+,20+/m0/s1. The fourth-order valence-electron chi connectivity index (χ4n) is 4.39. The highest BCUT2D eigenvalue weighted by Gasteiger charge is 2.43.